The van der Waals surface area contributed by atoms with E-state index in [-0.39, 0.29) is 12.8 Å². The molecule has 0 unspecified atom stereocenters. The van der Waals surface area contributed by atoms with Crippen LogP contribution < -0.4 is 5.32 Å². The van der Waals surface area contributed by atoms with Crippen LogP contribution in [-0.4, -0.2) is 34.1 Å². The van der Waals surface area contributed by atoms with Crippen LogP contribution in [0.3, 0.4) is 0 Å². The molecule has 1 atom stereocenters. The third-order valence-corrected chi connectivity index (χ3v) is 2.85. The molecule has 0 aliphatic rings. The average Bonchev–Trinajstić information content (AvgIpc) is 2.42. The zero-order valence-corrected chi connectivity index (χ0v) is 11.1. The Bertz CT molecular complexity index is 512. The number of aryl methyl sites for hydroxylation is 1. The molecule has 0 bridgehead atoms. The number of aliphatic carboxylic acids is 2. The number of rotatable bonds is 7. The zero-order valence-electron chi connectivity index (χ0n) is 11.1. The van der Waals surface area contributed by atoms with Gasteiger partial charge in [0.25, 0.3) is 5.91 Å². The highest BCUT2D eigenvalue weighted by Crippen LogP contribution is 2.07. The summed E-state index contributed by atoms with van der Waals surface area (Å²) < 4.78 is 0. The molecule has 1 rings (SSSR count). The summed E-state index contributed by atoms with van der Waals surface area (Å²) in [4.78, 5) is 33.4. The van der Waals surface area contributed by atoms with E-state index in [1.54, 1.807) is 18.2 Å². The van der Waals surface area contributed by atoms with Gasteiger partial charge in [-0.05, 0) is 30.5 Å². The second-order valence-corrected chi connectivity index (χ2v) is 4.35. The van der Waals surface area contributed by atoms with E-state index >= 15 is 0 Å². The van der Waals surface area contributed by atoms with E-state index in [4.69, 9.17) is 10.2 Å². The predicted octanol–water partition coefficient (Wildman–Crippen LogP) is 1.30. The molecule has 20 heavy (non-hydrogen) atoms. The summed E-state index contributed by atoms with van der Waals surface area (Å²) in [5.41, 5.74) is 1.33. The van der Waals surface area contributed by atoms with Gasteiger partial charge in [0.15, 0.2) is 0 Å². The molecule has 6 nitrogen and oxygen atoms in total. The van der Waals surface area contributed by atoms with Crippen LogP contribution in [0.15, 0.2) is 24.3 Å². The van der Waals surface area contributed by atoms with Gasteiger partial charge in [-0.2, -0.15) is 0 Å². The molecule has 1 aromatic carbocycles. The molecule has 3 N–H and O–H groups in total. The van der Waals surface area contributed by atoms with Gasteiger partial charge in [0.2, 0.25) is 0 Å². The van der Waals surface area contributed by atoms with Gasteiger partial charge in [-0.15, -0.1) is 0 Å². The smallest absolute Gasteiger partial charge is 0.326 e. The van der Waals surface area contributed by atoms with Gasteiger partial charge in [0.1, 0.15) is 6.04 Å². The van der Waals surface area contributed by atoms with Crippen LogP contribution in [-0.2, 0) is 16.0 Å². The van der Waals surface area contributed by atoms with Gasteiger partial charge in [-0.1, -0.05) is 19.1 Å². The molecule has 0 heterocycles. The third kappa shape index (κ3) is 4.72. The molecule has 1 amide bonds. The third-order valence-electron chi connectivity index (χ3n) is 2.85. The molecule has 0 saturated heterocycles. The first kappa shape index (κ1) is 15.7. The number of carboxylic acid groups (broad SMARTS) is 2. The number of amides is 1. The Hall–Kier alpha value is -2.37. The lowest BCUT2D eigenvalue weighted by Crippen LogP contribution is -2.41. The fourth-order valence-electron chi connectivity index (χ4n) is 1.70. The van der Waals surface area contributed by atoms with E-state index in [1.165, 1.54) is 0 Å². The minimum absolute atomic E-state index is 0.149. The highest BCUT2D eigenvalue weighted by molar-refractivity contribution is 5.96. The summed E-state index contributed by atoms with van der Waals surface area (Å²) in [7, 11) is 0. The molecule has 0 saturated carbocycles. The van der Waals surface area contributed by atoms with Crippen LogP contribution in [0.1, 0.15) is 35.7 Å². The van der Waals surface area contributed by atoms with Crippen LogP contribution in [0, 0.1) is 0 Å². The van der Waals surface area contributed by atoms with Crippen LogP contribution in [0.2, 0.25) is 0 Å². The summed E-state index contributed by atoms with van der Waals surface area (Å²) in [6.45, 7) is 1.95. The van der Waals surface area contributed by atoms with Gasteiger partial charge in [-0.25, -0.2) is 4.79 Å². The number of hydrogen-bond donors (Lipinski definition) is 3. The van der Waals surface area contributed by atoms with E-state index in [2.05, 4.69) is 5.32 Å². The summed E-state index contributed by atoms with van der Waals surface area (Å²) in [6.07, 6.45) is 0.304. The number of nitrogens with one attached hydrogen (secondary N) is 1. The Labute approximate surface area is 116 Å². The van der Waals surface area contributed by atoms with E-state index in [0.717, 1.165) is 12.0 Å². The molecule has 0 aliphatic heterocycles. The number of benzene rings is 1. The summed E-state index contributed by atoms with van der Waals surface area (Å²) in [6, 6.07) is 5.66. The Morgan fingerprint density at radius 3 is 2.50 bits per heavy atom. The van der Waals surface area contributed by atoms with Crippen molar-refractivity contribution in [3.63, 3.8) is 0 Å². The first-order valence-corrected chi connectivity index (χ1v) is 6.28. The van der Waals surface area contributed by atoms with Crippen molar-refractivity contribution in [1.82, 2.24) is 5.32 Å². The number of carboxylic acids is 2. The van der Waals surface area contributed by atoms with Gasteiger partial charge in [0, 0.05) is 12.0 Å². The lowest BCUT2D eigenvalue weighted by Gasteiger charge is -2.13. The maximum Gasteiger partial charge on any atom is 0.326 e. The molecule has 0 aliphatic carbocycles. The predicted molar refractivity (Wildman–Crippen MR) is 71.6 cm³/mol. The van der Waals surface area contributed by atoms with Crippen molar-refractivity contribution in [3.8, 4) is 0 Å². The Morgan fingerprint density at radius 1 is 1.25 bits per heavy atom. The van der Waals surface area contributed by atoms with Gasteiger partial charge >= 0.3 is 11.9 Å². The quantitative estimate of drug-likeness (QED) is 0.698. The number of hydrogen-bond acceptors (Lipinski definition) is 3. The Kier molecular flexibility index (Phi) is 5.71. The van der Waals surface area contributed by atoms with Crippen LogP contribution in [0.5, 0.6) is 0 Å². The fourth-order valence-corrected chi connectivity index (χ4v) is 1.70. The summed E-state index contributed by atoms with van der Waals surface area (Å²) in [5.74, 6) is -2.86. The van der Waals surface area contributed by atoms with E-state index in [0.29, 0.717) is 5.56 Å². The molecule has 0 fully saturated rings. The van der Waals surface area contributed by atoms with Crippen molar-refractivity contribution in [2.45, 2.75) is 32.2 Å². The molecule has 1 aromatic rings. The van der Waals surface area contributed by atoms with Crippen molar-refractivity contribution in [3.05, 3.63) is 35.4 Å². The van der Waals surface area contributed by atoms with Crippen molar-refractivity contribution in [1.29, 1.82) is 0 Å². The van der Waals surface area contributed by atoms with E-state index in [9.17, 15) is 14.4 Å². The second-order valence-electron chi connectivity index (χ2n) is 4.35. The van der Waals surface area contributed by atoms with Crippen molar-refractivity contribution in [2.75, 3.05) is 0 Å². The fraction of sp³-hybridized carbons (Fsp3) is 0.357. The highest BCUT2D eigenvalue weighted by Gasteiger charge is 2.21. The molecule has 108 valence electrons. The largest absolute Gasteiger partial charge is 0.481 e. The lowest BCUT2D eigenvalue weighted by atomic mass is 10.1. The van der Waals surface area contributed by atoms with E-state index < -0.39 is 23.9 Å². The molecular weight excluding hydrogens is 262 g/mol. The Balaban J connectivity index is 2.74. The van der Waals surface area contributed by atoms with Gasteiger partial charge in [0.05, 0.1) is 0 Å². The second kappa shape index (κ2) is 7.28. The molecule has 0 radical (unpaired) electrons. The van der Waals surface area contributed by atoms with Crippen LogP contribution in [0.25, 0.3) is 0 Å². The maximum absolute atomic E-state index is 12.0. The van der Waals surface area contributed by atoms with Gasteiger partial charge < -0.3 is 15.5 Å². The summed E-state index contributed by atoms with van der Waals surface area (Å²) in [5, 5.41) is 19.9. The number of carbonyl (C=O) groups is 3. The normalized spacial score (nSPS) is 11.7. The van der Waals surface area contributed by atoms with Crippen molar-refractivity contribution >= 4 is 17.8 Å². The molecular formula is C14H17NO5. The highest BCUT2D eigenvalue weighted by atomic mass is 16.4. The zero-order chi connectivity index (χ0) is 15.1. The van der Waals surface area contributed by atoms with Gasteiger partial charge in [-0.3, -0.25) is 9.59 Å². The monoisotopic (exact) mass is 279 g/mol. The number of carbonyl (C=O) groups excluding carboxylic acids is 1. The van der Waals surface area contributed by atoms with Crippen molar-refractivity contribution in [2.24, 2.45) is 0 Å². The first-order valence-electron chi connectivity index (χ1n) is 6.28. The van der Waals surface area contributed by atoms with Crippen LogP contribution in [0.4, 0.5) is 0 Å². The lowest BCUT2D eigenvalue weighted by molar-refractivity contribution is -0.140. The molecule has 6 heteroatoms. The molecule has 0 spiro atoms. The SMILES string of the molecule is CCc1cccc(C(=O)N[C@@H](CCC(=O)O)C(=O)O)c1. The minimum atomic E-state index is -1.24. The Morgan fingerprint density at radius 2 is 1.95 bits per heavy atom. The maximum atomic E-state index is 12.0. The summed E-state index contributed by atoms with van der Waals surface area (Å²) >= 11 is 0. The van der Waals surface area contributed by atoms with Crippen molar-refractivity contribution < 1.29 is 24.6 Å². The molecule has 0 aromatic heterocycles. The first-order chi connectivity index (χ1) is 9.43. The van der Waals surface area contributed by atoms with Crippen LogP contribution >= 0.6 is 0 Å². The standard InChI is InChI=1S/C14H17NO5/c1-2-9-4-3-5-10(8-9)13(18)15-11(14(19)20)6-7-12(16)17/h3-5,8,11H,2,6-7H2,1H3,(H,15,18)(H,16,17)(H,19,20)/t11-/m0/s1. The van der Waals surface area contributed by atoms with E-state index in [1.807, 2.05) is 13.0 Å². The average molecular weight is 279 g/mol. The minimum Gasteiger partial charge on any atom is -0.481 e. The topological polar surface area (TPSA) is 104 Å².